The lowest BCUT2D eigenvalue weighted by Gasteiger charge is -2.38. The zero-order valence-electron chi connectivity index (χ0n) is 22.5. The summed E-state index contributed by atoms with van der Waals surface area (Å²) in [5.74, 6) is 1.17. The Balaban J connectivity index is 1.43. The van der Waals surface area contributed by atoms with Crippen molar-refractivity contribution in [2.75, 3.05) is 19.7 Å². The Morgan fingerprint density at radius 1 is 0.976 bits per heavy atom. The van der Waals surface area contributed by atoms with E-state index in [9.17, 15) is 14.7 Å². The maximum atomic E-state index is 13.9. The van der Waals surface area contributed by atoms with E-state index in [2.05, 4.69) is 5.32 Å². The molecule has 4 aromatic rings. The molecule has 0 aromatic heterocycles. The molecule has 4 aromatic carbocycles. The molecule has 8 heteroatoms. The number of hydrogen-bond donors (Lipinski definition) is 3. The minimum atomic E-state index is -0.383. The number of benzene rings is 4. The van der Waals surface area contributed by atoms with Crippen LogP contribution in [0.3, 0.4) is 0 Å². The van der Waals surface area contributed by atoms with Crippen molar-refractivity contribution in [3.05, 3.63) is 118 Å². The van der Waals surface area contributed by atoms with Crippen LogP contribution in [0.2, 0.25) is 0 Å². The zero-order chi connectivity index (χ0) is 28.3. The molecule has 0 fully saturated rings. The summed E-state index contributed by atoms with van der Waals surface area (Å²) in [6, 6.07) is 25.4. The van der Waals surface area contributed by atoms with Gasteiger partial charge in [0.15, 0.2) is 0 Å². The SMILES string of the molecule is NCc1cccc(C(=O)N2CCc3cc4ccc3[C@@H]2c2cccc(c2)OCCCNC(=O)c2cc(ccc2O)O4)c1. The first kappa shape index (κ1) is 26.4. The molecule has 208 valence electrons. The van der Waals surface area contributed by atoms with Crippen molar-refractivity contribution in [3.63, 3.8) is 0 Å². The van der Waals surface area contributed by atoms with Crippen molar-refractivity contribution in [2.24, 2.45) is 5.73 Å². The molecule has 0 aliphatic carbocycles. The van der Waals surface area contributed by atoms with Gasteiger partial charge >= 0.3 is 0 Å². The first-order valence-corrected chi connectivity index (χ1v) is 13.7. The highest BCUT2D eigenvalue weighted by Crippen LogP contribution is 2.39. The molecule has 0 radical (unpaired) electrons. The van der Waals surface area contributed by atoms with Gasteiger partial charge in [0.2, 0.25) is 0 Å². The number of hydrogen-bond acceptors (Lipinski definition) is 6. The number of phenolic OH excluding ortho intramolecular Hbond substituents is 1. The molecule has 8 nitrogen and oxygen atoms in total. The van der Waals surface area contributed by atoms with E-state index in [1.165, 1.54) is 12.1 Å². The van der Waals surface area contributed by atoms with Crippen LogP contribution in [-0.4, -0.2) is 41.5 Å². The van der Waals surface area contributed by atoms with Gasteiger partial charge < -0.3 is 30.5 Å². The molecule has 7 rings (SSSR count). The fourth-order valence-electron chi connectivity index (χ4n) is 5.47. The van der Waals surface area contributed by atoms with Crippen LogP contribution >= 0.6 is 0 Å². The van der Waals surface area contributed by atoms with Crippen LogP contribution in [0, 0.1) is 0 Å². The normalized spacial score (nSPS) is 16.6. The summed E-state index contributed by atoms with van der Waals surface area (Å²) in [6.07, 6.45) is 1.22. The van der Waals surface area contributed by atoms with Crippen LogP contribution in [0.25, 0.3) is 0 Å². The topological polar surface area (TPSA) is 114 Å². The van der Waals surface area contributed by atoms with Gasteiger partial charge in [-0.15, -0.1) is 0 Å². The molecule has 4 N–H and O–H groups in total. The summed E-state index contributed by atoms with van der Waals surface area (Å²) in [4.78, 5) is 28.6. The van der Waals surface area contributed by atoms with Crippen molar-refractivity contribution >= 4 is 11.8 Å². The Morgan fingerprint density at radius 2 is 1.80 bits per heavy atom. The van der Waals surface area contributed by atoms with Crippen molar-refractivity contribution < 1.29 is 24.2 Å². The monoisotopic (exact) mass is 549 g/mol. The lowest BCUT2D eigenvalue weighted by atomic mass is 9.87. The number of rotatable bonds is 2. The number of nitrogens with one attached hydrogen (secondary N) is 1. The Morgan fingerprint density at radius 3 is 2.68 bits per heavy atom. The average Bonchev–Trinajstić information content (AvgIpc) is 3.00. The highest BCUT2D eigenvalue weighted by molar-refractivity contribution is 5.97. The first-order chi connectivity index (χ1) is 20.0. The van der Waals surface area contributed by atoms with E-state index >= 15 is 0 Å². The predicted molar refractivity (Wildman–Crippen MR) is 154 cm³/mol. The number of carbonyl (C=O) groups excluding carboxylic acids is 2. The van der Waals surface area contributed by atoms with Gasteiger partial charge in [-0.05, 0) is 89.7 Å². The number of carbonyl (C=O) groups is 2. The summed E-state index contributed by atoms with van der Waals surface area (Å²) in [5, 5.41) is 13.1. The molecule has 3 heterocycles. The average molecular weight is 550 g/mol. The molecule has 3 aliphatic rings. The van der Waals surface area contributed by atoms with Crippen LogP contribution in [0.5, 0.6) is 23.0 Å². The lowest BCUT2D eigenvalue weighted by Crippen LogP contribution is -2.40. The van der Waals surface area contributed by atoms with E-state index < -0.39 is 0 Å². The van der Waals surface area contributed by atoms with Gasteiger partial charge in [-0.3, -0.25) is 9.59 Å². The second-order valence-corrected chi connectivity index (χ2v) is 10.2. The van der Waals surface area contributed by atoms with Gasteiger partial charge in [0.05, 0.1) is 18.2 Å². The molecule has 0 spiro atoms. The molecule has 2 amide bonds. The van der Waals surface area contributed by atoms with Gasteiger partial charge in [-0.2, -0.15) is 0 Å². The van der Waals surface area contributed by atoms with Gasteiger partial charge in [-0.1, -0.05) is 30.3 Å². The van der Waals surface area contributed by atoms with E-state index in [1.54, 1.807) is 6.07 Å². The van der Waals surface area contributed by atoms with Gasteiger partial charge in [0.25, 0.3) is 11.8 Å². The number of nitrogens with zero attached hydrogens (tertiary/aromatic N) is 1. The van der Waals surface area contributed by atoms with Crippen molar-refractivity contribution in [1.29, 1.82) is 0 Å². The fraction of sp³-hybridized carbons (Fsp3) is 0.212. The summed E-state index contributed by atoms with van der Waals surface area (Å²) in [7, 11) is 0. The number of ether oxygens (including phenoxy) is 2. The Kier molecular flexibility index (Phi) is 7.31. The van der Waals surface area contributed by atoms with Crippen LogP contribution in [-0.2, 0) is 13.0 Å². The second-order valence-electron chi connectivity index (χ2n) is 10.2. The van der Waals surface area contributed by atoms with E-state index in [0.29, 0.717) is 61.9 Å². The third-order valence-corrected chi connectivity index (χ3v) is 7.51. The van der Waals surface area contributed by atoms with Crippen molar-refractivity contribution in [2.45, 2.75) is 25.4 Å². The number of amides is 2. The maximum Gasteiger partial charge on any atom is 0.255 e. The predicted octanol–water partition coefficient (Wildman–Crippen LogP) is 4.94. The molecule has 8 bridgehead atoms. The van der Waals surface area contributed by atoms with Crippen LogP contribution in [0.1, 0.15) is 55.4 Å². The smallest absolute Gasteiger partial charge is 0.255 e. The lowest BCUT2D eigenvalue weighted by molar-refractivity contribution is 0.0694. The van der Waals surface area contributed by atoms with Crippen LogP contribution in [0.4, 0.5) is 0 Å². The Bertz CT molecular complexity index is 1620. The molecular formula is C33H31N3O5. The third-order valence-electron chi connectivity index (χ3n) is 7.51. The number of fused-ring (bicyclic) bond motifs is 6. The van der Waals surface area contributed by atoms with Crippen LogP contribution < -0.4 is 20.5 Å². The van der Waals surface area contributed by atoms with Crippen LogP contribution in [0.15, 0.2) is 84.9 Å². The summed E-state index contributed by atoms with van der Waals surface area (Å²) in [6.45, 7) is 1.64. The maximum absolute atomic E-state index is 13.9. The number of phenols is 1. The van der Waals surface area contributed by atoms with Crippen molar-refractivity contribution in [1.82, 2.24) is 10.2 Å². The third kappa shape index (κ3) is 5.47. The van der Waals surface area contributed by atoms with Gasteiger partial charge in [-0.25, -0.2) is 0 Å². The highest BCUT2D eigenvalue weighted by atomic mass is 16.5. The Hall–Kier alpha value is -4.82. The molecule has 0 saturated heterocycles. The number of aromatic hydroxyl groups is 1. The minimum absolute atomic E-state index is 0.0582. The molecule has 3 aliphatic heterocycles. The van der Waals surface area contributed by atoms with E-state index in [4.69, 9.17) is 15.2 Å². The highest BCUT2D eigenvalue weighted by Gasteiger charge is 2.33. The molecule has 0 saturated carbocycles. The quantitative estimate of drug-likeness (QED) is 0.326. The van der Waals surface area contributed by atoms with E-state index in [-0.39, 0.29) is 29.2 Å². The largest absolute Gasteiger partial charge is 0.507 e. The molecule has 1 atom stereocenters. The van der Waals surface area contributed by atoms with E-state index in [1.807, 2.05) is 71.6 Å². The molecule has 0 unspecified atom stereocenters. The zero-order valence-corrected chi connectivity index (χ0v) is 22.5. The molecule has 41 heavy (non-hydrogen) atoms. The second kappa shape index (κ2) is 11.3. The van der Waals surface area contributed by atoms with Crippen molar-refractivity contribution in [3.8, 4) is 23.0 Å². The Labute approximate surface area is 238 Å². The summed E-state index contributed by atoms with van der Waals surface area (Å²) >= 11 is 0. The summed E-state index contributed by atoms with van der Waals surface area (Å²) in [5.41, 5.74) is 10.5. The summed E-state index contributed by atoms with van der Waals surface area (Å²) < 4.78 is 12.2. The minimum Gasteiger partial charge on any atom is -0.507 e. The fourth-order valence-corrected chi connectivity index (χ4v) is 5.47. The molecular weight excluding hydrogens is 518 g/mol. The number of nitrogens with two attached hydrogens (primary N) is 1. The standard InChI is InChI=1S/C33H31N3O5/c34-20-21-4-1-6-24(16-21)33(39)36-14-12-22-17-26-8-10-28(22)31(36)23-5-2-7-25(18-23)40-15-3-13-35-32(38)29-19-27(41-26)9-11-30(29)37/h1-2,4-11,16-19,31,37H,3,12-15,20,34H2,(H,35,38)/t31-/m0/s1. The van der Waals surface area contributed by atoms with Gasteiger partial charge in [0, 0.05) is 25.2 Å². The van der Waals surface area contributed by atoms with E-state index in [0.717, 1.165) is 22.3 Å². The first-order valence-electron chi connectivity index (χ1n) is 13.7. The van der Waals surface area contributed by atoms with Gasteiger partial charge in [0.1, 0.15) is 23.0 Å².